The number of hydrogen-bond acceptors (Lipinski definition) is 4. The molecule has 0 aliphatic carbocycles. The summed E-state index contributed by atoms with van der Waals surface area (Å²) in [6.45, 7) is 2.51. The summed E-state index contributed by atoms with van der Waals surface area (Å²) in [5.74, 6) is -0.402. The largest absolute Gasteiger partial charge is 0.478 e. The molecule has 5 nitrogen and oxygen atoms in total. The molecule has 0 aliphatic heterocycles. The first kappa shape index (κ1) is 15.0. The molecule has 2 rings (SSSR count). The number of carboxylic acid groups (broad SMARTS) is 1. The number of anilines is 1. The maximum absolute atomic E-state index is 11.1. The van der Waals surface area contributed by atoms with Crippen LogP contribution < -0.4 is 5.32 Å². The second kappa shape index (κ2) is 6.85. The third kappa shape index (κ3) is 4.03. The van der Waals surface area contributed by atoms with E-state index in [2.05, 4.69) is 10.3 Å². The van der Waals surface area contributed by atoms with E-state index in [9.17, 15) is 4.79 Å². The minimum Gasteiger partial charge on any atom is -0.478 e. The summed E-state index contributed by atoms with van der Waals surface area (Å²) in [6.07, 6.45) is 0.682. The molecule has 0 fully saturated rings. The zero-order valence-corrected chi connectivity index (χ0v) is 11.8. The number of aliphatic hydroxyl groups is 1. The highest BCUT2D eigenvalue weighted by atomic mass is 16.4. The second-order valence-electron chi connectivity index (χ2n) is 4.72. The summed E-state index contributed by atoms with van der Waals surface area (Å²) in [4.78, 5) is 15.5. The average molecular weight is 286 g/mol. The van der Waals surface area contributed by atoms with Crippen molar-refractivity contribution < 1.29 is 15.0 Å². The monoisotopic (exact) mass is 286 g/mol. The zero-order chi connectivity index (χ0) is 15.2. The van der Waals surface area contributed by atoms with Crippen LogP contribution in [0.1, 0.15) is 34.1 Å². The lowest BCUT2D eigenvalue weighted by Gasteiger charge is -2.09. The highest BCUT2D eigenvalue weighted by molar-refractivity contribution is 5.88. The number of benzene rings is 1. The molecule has 1 aromatic heterocycles. The van der Waals surface area contributed by atoms with Crippen LogP contribution in [0.15, 0.2) is 36.4 Å². The molecule has 3 N–H and O–H groups in total. The fourth-order valence-electron chi connectivity index (χ4n) is 1.94. The number of nitrogens with one attached hydrogen (secondary N) is 1. The predicted octanol–water partition coefficient (Wildman–Crippen LogP) is 2.45. The highest BCUT2D eigenvalue weighted by Crippen LogP contribution is 2.13. The van der Waals surface area contributed by atoms with Crippen LogP contribution in [0.5, 0.6) is 0 Å². The van der Waals surface area contributed by atoms with E-state index < -0.39 is 5.97 Å². The molecular formula is C16H18N2O3. The molecule has 0 amide bonds. The van der Waals surface area contributed by atoms with Crippen molar-refractivity contribution in [3.63, 3.8) is 0 Å². The number of aryl methyl sites for hydroxylation is 1. The second-order valence-corrected chi connectivity index (χ2v) is 4.72. The number of nitrogens with zero attached hydrogens (tertiary/aromatic N) is 1. The van der Waals surface area contributed by atoms with Gasteiger partial charge in [0.2, 0.25) is 0 Å². The van der Waals surface area contributed by atoms with Gasteiger partial charge in [0.1, 0.15) is 5.82 Å². The van der Waals surface area contributed by atoms with E-state index in [1.54, 1.807) is 6.07 Å². The Morgan fingerprint density at radius 2 is 1.86 bits per heavy atom. The van der Waals surface area contributed by atoms with E-state index in [0.29, 0.717) is 18.8 Å². The van der Waals surface area contributed by atoms with Gasteiger partial charge in [-0.2, -0.15) is 0 Å². The molecule has 0 bridgehead atoms. The fraction of sp³-hybridized carbons (Fsp3) is 0.250. The normalized spacial score (nSPS) is 10.4. The number of hydrogen-bond donors (Lipinski definition) is 3. The number of carboxylic acids is 1. The highest BCUT2D eigenvalue weighted by Gasteiger charge is 2.07. The molecule has 0 radical (unpaired) electrons. The first-order valence-electron chi connectivity index (χ1n) is 6.79. The lowest BCUT2D eigenvalue weighted by atomic mass is 10.1. The Labute approximate surface area is 123 Å². The molecule has 110 valence electrons. The Morgan fingerprint density at radius 1 is 1.19 bits per heavy atom. The molecule has 0 saturated carbocycles. The van der Waals surface area contributed by atoms with E-state index in [-0.39, 0.29) is 12.2 Å². The van der Waals surface area contributed by atoms with Crippen molar-refractivity contribution >= 4 is 11.8 Å². The molecule has 1 heterocycles. The van der Waals surface area contributed by atoms with Gasteiger partial charge in [-0.3, -0.25) is 0 Å². The molecular weight excluding hydrogens is 268 g/mol. The fourth-order valence-corrected chi connectivity index (χ4v) is 1.94. The maximum atomic E-state index is 11.1. The van der Waals surface area contributed by atoms with E-state index in [1.165, 1.54) is 6.07 Å². The van der Waals surface area contributed by atoms with Crippen LogP contribution in [-0.2, 0) is 19.6 Å². The summed E-state index contributed by atoms with van der Waals surface area (Å²) in [5, 5.41) is 21.2. The van der Waals surface area contributed by atoms with Crippen LogP contribution in [0.2, 0.25) is 0 Å². The Kier molecular flexibility index (Phi) is 4.90. The standard InChI is InChI=1S/C16H18N2O3/c1-2-14-7-13(16(20)21)8-15(18-14)17-9-11-3-5-12(10-19)6-4-11/h3-8,19H,2,9-10H2,1H3,(H,17,18)(H,20,21). The van der Waals surface area contributed by atoms with E-state index >= 15 is 0 Å². The molecule has 2 aromatic rings. The van der Waals surface area contributed by atoms with Crippen LogP contribution in [0, 0.1) is 0 Å². The van der Waals surface area contributed by atoms with Gasteiger partial charge in [-0.1, -0.05) is 31.2 Å². The zero-order valence-electron chi connectivity index (χ0n) is 11.8. The molecule has 0 saturated heterocycles. The average Bonchev–Trinajstić information content (AvgIpc) is 2.53. The van der Waals surface area contributed by atoms with E-state index in [0.717, 1.165) is 16.8 Å². The lowest BCUT2D eigenvalue weighted by molar-refractivity contribution is 0.0696. The Bertz CT molecular complexity index is 624. The van der Waals surface area contributed by atoms with Gasteiger partial charge in [0.15, 0.2) is 0 Å². The van der Waals surface area contributed by atoms with Crippen LogP contribution in [0.3, 0.4) is 0 Å². The minimum absolute atomic E-state index is 0.0236. The van der Waals surface area contributed by atoms with Gasteiger partial charge in [-0.05, 0) is 29.7 Å². The van der Waals surface area contributed by atoms with Gasteiger partial charge in [0.05, 0.1) is 12.2 Å². The summed E-state index contributed by atoms with van der Waals surface area (Å²) in [6, 6.07) is 10.7. The maximum Gasteiger partial charge on any atom is 0.335 e. The summed E-state index contributed by atoms with van der Waals surface area (Å²) >= 11 is 0. The van der Waals surface area contributed by atoms with E-state index in [4.69, 9.17) is 10.2 Å². The van der Waals surface area contributed by atoms with Crippen molar-refractivity contribution in [3.05, 3.63) is 58.8 Å². The van der Waals surface area contributed by atoms with Crippen molar-refractivity contribution in [3.8, 4) is 0 Å². The van der Waals surface area contributed by atoms with Gasteiger partial charge < -0.3 is 15.5 Å². The molecule has 5 heteroatoms. The predicted molar refractivity (Wildman–Crippen MR) is 80.3 cm³/mol. The third-order valence-electron chi connectivity index (χ3n) is 3.17. The van der Waals surface area contributed by atoms with Gasteiger partial charge in [-0.15, -0.1) is 0 Å². The van der Waals surface area contributed by atoms with Crippen molar-refractivity contribution in [2.24, 2.45) is 0 Å². The topological polar surface area (TPSA) is 82.5 Å². The number of carbonyl (C=O) groups is 1. The Balaban J connectivity index is 2.11. The van der Waals surface area contributed by atoms with Gasteiger partial charge in [0.25, 0.3) is 0 Å². The third-order valence-corrected chi connectivity index (χ3v) is 3.17. The number of rotatable bonds is 6. The smallest absolute Gasteiger partial charge is 0.335 e. The van der Waals surface area contributed by atoms with E-state index in [1.807, 2.05) is 31.2 Å². The number of aromatic nitrogens is 1. The number of pyridine rings is 1. The van der Waals surface area contributed by atoms with Gasteiger partial charge >= 0.3 is 5.97 Å². The number of aromatic carboxylic acids is 1. The van der Waals surface area contributed by atoms with Crippen molar-refractivity contribution in [1.29, 1.82) is 0 Å². The lowest BCUT2D eigenvalue weighted by Crippen LogP contribution is -2.06. The van der Waals surface area contributed by atoms with Crippen molar-refractivity contribution in [2.75, 3.05) is 5.32 Å². The first-order chi connectivity index (χ1) is 10.1. The molecule has 0 aliphatic rings. The Morgan fingerprint density at radius 3 is 2.43 bits per heavy atom. The summed E-state index contributed by atoms with van der Waals surface area (Å²) in [5.41, 5.74) is 2.87. The minimum atomic E-state index is -0.956. The summed E-state index contributed by atoms with van der Waals surface area (Å²) in [7, 11) is 0. The van der Waals surface area contributed by atoms with Gasteiger partial charge in [-0.25, -0.2) is 9.78 Å². The van der Waals surface area contributed by atoms with Crippen molar-refractivity contribution in [2.45, 2.75) is 26.5 Å². The molecule has 0 spiro atoms. The molecule has 0 unspecified atom stereocenters. The van der Waals surface area contributed by atoms with Gasteiger partial charge in [0, 0.05) is 12.2 Å². The number of aliphatic hydroxyl groups excluding tert-OH is 1. The molecule has 0 atom stereocenters. The summed E-state index contributed by atoms with van der Waals surface area (Å²) < 4.78 is 0. The van der Waals surface area contributed by atoms with Crippen LogP contribution in [0.25, 0.3) is 0 Å². The van der Waals surface area contributed by atoms with Crippen LogP contribution in [0.4, 0.5) is 5.82 Å². The molecule has 21 heavy (non-hydrogen) atoms. The SMILES string of the molecule is CCc1cc(C(=O)O)cc(NCc2ccc(CO)cc2)n1. The van der Waals surface area contributed by atoms with Crippen LogP contribution in [-0.4, -0.2) is 21.2 Å². The Hall–Kier alpha value is -2.40. The van der Waals surface area contributed by atoms with Crippen molar-refractivity contribution in [1.82, 2.24) is 4.98 Å². The molecule has 1 aromatic carbocycles. The quantitative estimate of drug-likeness (QED) is 0.759. The van der Waals surface area contributed by atoms with Crippen LogP contribution >= 0.6 is 0 Å². The first-order valence-corrected chi connectivity index (χ1v) is 6.79.